The largest absolute Gasteiger partial charge is 0.351 e. The van der Waals surface area contributed by atoms with Gasteiger partial charge in [0.05, 0.1) is 28.7 Å². The smallest absolute Gasteiger partial charge is 0.229 e. The number of hydrogen-bond donors (Lipinski definition) is 2. The Kier molecular flexibility index (Phi) is 5.45. The van der Waals surface area contributed by atoms with Crippen molar-refractivity contribution in [1.82, 2.24) is 19.6 Å². The first kappa shape index (κ1) is 21.3. The summed E-state index contributed by atoms with van der Waals surface area (Å²) in [7, 11) is -3.45. The van der Waals surface area contributed by atoms with E-state index in [0.29, 0.717) is 40.1 Å². The molecular weight excluding hydrogens is 443 g/mol. The van der Waals surface area contributed by atoms with Crippen molar-refractivity contribution in [3.63, 3.8) is 0 Å². The SMILES string of the molecule is CS(=O)(=O)Nc1ccn2nc(-c3ccc(F)cc3)c(-c3ccnc(NC4CCCC4)n3)c2c1. The van der Waals surface area contributed by atoms with Crippen LogP contribution >= 0.6 is 0 Å². The van der Waals surface area contributed by atoms with Gasteiger partial charge in [-0.25, -0.2) is 27.3 Å². The Hall–Kier alpha value is -3.53. The van der Waals surface area contributed by atoms with E-state index in [1.54, 1.807) is 47.2 Å². The van der Waals surface area contributed by atoms with E-state index in [-0.39, 0.29) is 5.82 Å². The number of aromatic nitrogens is 4. The van der Waals surface area contributed by atoms with Gasteiger partial charge in [0.15, 0.2) is 0 Å². The lowest BCUT2D eigenvalue weighted by atomic mass is 10.0. The lowest BCUT2D eigenvalue weighted by molar-refractivity contribution is 0.607. The van der Waals surface area contributed by atoms with Crippen LogP contribution in [0, 0.1) is 5.82 Å². The number of halogens is 1. The molecule has 1 aromatic carbocycles. The number of nitrogens with zero attached hydrogens (tertiary/aromatic N) is 4. The zero-order valence-corrected chi connectivity index (χ0v) is 18.8. The number of hydrogen-bond acceptors (Lipinski definition) is 6. The predicted molar refractivity (Wildman–Crippen MR) is 126 cm³/mol. The summed E-state index contributed by atoms with van der Waals surface area (Å²) in [6.07, 6.45) is 9.03. The fraction of sp³-hybridized carbons (Fsp3) is 0.261. The number of sulfonamides is 1. The monoisotopic (exact) mass is 466 g/mol. The van der Waals surface area contributed by atoms with Crippen LogP contribution in [0.25, 0.3) is 28.0 Å². The molecule has 1 aliphatic carbocycles. The minimum Gasteiger partial charge on any atom is -0.351 e. The normalized spacial score (nSPS) is 14.6. The summed E-state index contributed by atoms with van der Waals surface area (Å²) >= 11 is 0. The van der Waals surface area contributed by atoms with E-state index in [4.69, 9.17) is 10.1 Å². The second-order valence-electron chi connectivity index (χ2n) is 8.24. The van der Waals surface area contributed by atoms with Crippen LogP contribution in [-0.2, 0) is 10.0 Å². The Balaban J connectivity index is 1.66. The third-order valence-corrected chi connectivity index (χ3v) is 6.26. The van der Waals surface area contributed by atoms with Gasteiger partial charge in [-0.05, 0) is 55.3 Å². The molecule has 0 atom stereocenters. The quantitative estimate of drug-likeness (QED) is 0.439. The van der Waals surface area contributed by atoms with Gasteiger partial charge >= 0.3 is 0 Å². The second-order valence-corrected chi connectivity index (χ2v) is 9.99. The third kappa shape index (κ3) is 4.65. The van der Waals surface area contributed by atoms with Crippen molar-refractivity contribution in [2.45, 2.75) is 31.7 Å². The molecule has 0 amide bonds. The van der Waals surface area contributed by atoms with E-state index < -0.39 is 10.0 Å². The first-order valence-electron chi connectivity index (χ1n) is 10.7. The van der Waals surface area contributed by atoms with Gasteiger partial charge in [-0.3, -0.25) is 4.72 Å². The molecule has 0 saturated heterocycles. The molecule has 33 heavy (non-hydrogen) atoms. The van der Waals surface area contributed by atoms with Gasteiger partial charge in [-0.1, -0.05) is 12.8 Å². The van der Waals surface area contributed by atoms with Crippen LogP contribution in [0.5, 0.6) is 0 Å². The number of fused-ring (bicyclic) bond motifs is 1. The zero-order chi connectivity index (χ0) is 23.0. The highest BCUT2D eigenvalue weighted by Crippen LogP contribution is 2.35. The molecule has 8 nitrogen and oxygen atoms in total. The first-order chi connectivity index (χ1) is 15.9. The summed E-state index contributed by atoms with van der Waals surface area (Å²) in [6, 6.07) is 11.6. The highest BCUT2D eigenvalue weighted by molar-refractivity contribution is 7.92. The number of benzene rings is 1. The van der Waals surface area contributed by atoms with E-state index >= 15 is 0 Å². The van der Waals surface area contributed by atoms with E-state index in [1.165, 1.54) is 25.0 Å². The average molecular weight is 467 g/mol. The summed E-state index contributed by atoms with van der Waals surface area (Å²) in [5.41, 5.74) is 3.74. The van der Waals surface area contributed by atoms with Crippen LogP contribution < -0.4 is 10.0 Å². The van der Waals surface area contributed by atoms with E-state index in [0.717, 1.165) is 24.7 Å². The maximum atomic E-state index is 13.6. The van der Waals surface area contributed by atoms with Gasteiger partial charge in [0.2, 0.25) is 16.0 Å². The number of pyridine rings is 1. The maximum Gasteiger partial charge on any atom is 0.229 e. The first-order valence-corrected chi connectivity index (χ1v) is 12.6. The van der Waals surface area contributed by atoms with E-state index in [9.17, 15) is 12.8 Å². The molecule has 0 unspecified atom stereocenters. The molecule has 0 spiro atoms. The van der Waals surface area contributed by atoms with E-state index in [2.05, 4.69) is 15.0 Å². The molecule has 170 valence electrons. The van der Waals surface area contributed by atoms with Crippen molar-refractivity contribution < 1.29 is 12.8 Å². The van der Waals surface area contributed by atoms with Crippen LogP contribution in [0.2, 0.25) is 0 Å². The van der Waals surface area contributed by atoms with Crippen molar-refractivity contribution in [2.75, 3.05) is 16.3 Å². The van der Waals surface area contributed by atoms with Crippen molar-refractivity contribution in [2.24, 2.45) is 0 Å². The topological polar surface area (TPSA) is 101 Å². The van der Waals surface area contributed by atoms with Crippen LogP contribution in [0.1, 0.15) is 25.7 Å². The minimum atomic E-state index is -3.45. The molecule has 3 aromatic heterocycles. The fourth-order valence-corrected chi connectivity index (χ4v) is 4.76. The number of nitrogens with one attached hydrogen (secondary N) is 2. The van der Waals surface area contributed by atoms with Crippen molar-refractivity contribution in [3.05, 3.63) is 60.7 Å². The predicted octanol–water partition coefficient (Wildman–Crippen LogP) is 4.32. The Morgan fingerprint density at radius 3 is 2.58 bits per heavy atom. The molecule has 1 aliphatic rings. The third-order valence-electron chi connectivity index (χ3n) is 5.66. The molecule has 0 radical (unpaired) electrons. The summed E-state index contributed by atoms with van der Waals surface area (Å²) in [5, 5.41) is 8.11. The van der Waals surface area contributed by atoms with Crippen LogP contribution in [-0.4, -0.2) is 40.3 Å². The van der Waals surface area contributed by atoms with Gasteiger partial charge in [0.25, 0.3) is 0 Å². The van der Waals surface area contributed by atoms with Crippen molar-refractivity contribution in [1.29, 1.82) is 0 Å². The van der Waals surface area contributed by atoms with Gasteiger partial charge in [0, 0.05) is 24.0 Å². The van der Waals surface area contributed by atoms with Crippen molar-refractivity contribution >= 4 is 27.2 Å². The summed E-state index contributed by atoms with van der Waals surface area (Å²) < 4.78 is 41.3. The molecule has 10 heteroatoms. The maximum absolute atomic E-state index is 13.6. The molecule has 0 aliphatic heterocycles. The van der Waals surface area contributed by atoms with Gasteiger partial charge in [-0.15, -0.1) is 0 Å². The van der Waals surface area contributed by atoms with Crippen LogP contribution in [0.15, 0.2) is 54.9 Å². The fourth-order valence-electron chi connectivity index (χ4n) is 4.21. The summed E-state index contributed by atoms with van der Waals surface area (Å²) in [5.74, 6) is 0.197. The van der Waals surface area contributed by atoms with Crippen molar-refractivity contribution in [3.8, 4) is 22.5 Å². The van der Waals surface area contributed by atoms with E-state index in [1.807, 2.05) is 0 Å². The standard InChI is InChI=1S/C23H23FN6O2S/c1-33(31,32)29-18-11-13-30-20(14-18)21(22(28-30)15-6-8-16(24)9-7-15)19-10-12-25-23(27-19)26-17-4-2-3-5-17/h6-14,17,29H,2-5H2,1H3,(H,25,26,27). The average Bonchev–Trinajstić information content (AvgIpc) is 3.41. The van der Waals surface area contributed by atoms with Crippen LogP contribution in [0.3, 0.4) is 0 Å². The molecule has 3 heterocycles. The molecule has 1 fully saturated rings. The summed E-state index contributed by atoms with van der Waals surface area (Å²) in [4.78, 5) is 9.13. The minimum absolute atomic E-state index is 0.339. The number of anilines is 2. The Morgan fingerprint density at radius 2 is 1.85 bits per heavy atom. The second kappa shape index (κ2) is 8.43. The van der Waals surface area contributed by atoms with Gasteiger partial charge in [0.1, 0.15) is 11.5 Å². The lowest BCUT2D eigenvalue weighted by Crippen LogP contribution is -2.16. The highest BCUT2D eigenvalue weighted by Gasteiger charge is 2.20. The Morgan fingerprint density at radius 1 is 1.09 bits per heavy atom. The Bertz CT molecular complexity index is 1410. The molecule has 5 rings (SSSR count). The number of rotatable bonds is 6. The lowest BCUT2D eigenvalue weighted by Gasteiger charge is -2.12. The van der Waals surface area contributed by atoms with Gasteiger partial charge < -0.3 is 5.32 Å². The molecule has 4 aromatic rings. The zero-order valence-electron chi connectivity index (χ0n) is 18.0. The van der Waals surface area contributed by atoms with Crippen LogP contribution in [0.4, 0.5) is 16.0 Å². The summed E-state index contributed by atoms with van der Waals surface area (Å²) in [6.45, 7) is 0. The Labute approximate surface area is 191 Å². The molecule has 1 saturated carbocycles. The molecule has 0 bridgehead atoms. The molecule has 2 N–H and O–H groups in total. The highest BCUT2D eigenvalue weighted by atomic mass is 32.2. The molecular formula is C23H23FN6O2S. The van der Waals surface area contributed by atoms with Gasteiger partial charge in [-0.2, -0.15) is 5.10 Å².